The molecule has 1 aromatic heterocycles. The zero-order valence-electron chi connectivity index (χ0n) is 11.3. The van der Waals surface area contributed by atoms with Crippen LogP contribution in [0.25, 0.3) is 0 Å². The third-order valence-corrected chi connectivity index (χ3v) is 2.96. The maximum atomic E-state index is 10.9. The van der Waals surface area contributed by atoms with E-state index in [0.717, 1.165) is 11.1 Å². The Morgan fingerprint density at radius 3 is 2.85 bits per heavy atom. The van der Waals surface area contributed by atoms with Crippen LogP contribution in [0.5, 0.6) is 5.75 Å². The highest BCUT2D eigenvalue weighted by Crippen LogP contribution is 2.26. The second-order valence-electron chi connectivity index (χ2n) is 4.33. The first-order chi connectivity index (χ1) is 9.60. The molecule has 0 saturated heterocycles. The Balaban J connectivity index is 2.19. The minimum atomic E-state index is -0.439. The predicted octanol–water partition coefficient (Wildman–Crippen LogP) is 2.92. The topological polar surface area (TPSA) is 77.3 Å². The van der Waals surface area contributed by atoms with E-state index in [1.807, 2.05) is 13.0 Å². The van der Waals surface area contributed by atoms with Crippen molar-refractivity contribution in [3.8, 4) is 5.75 Å². The highest BCUT2D eigenvalue weighted by molar-refractivity contribution is 5.56. The molecule has 0 atom stereocenters. The van der Waals surface area contributed by atoms with Gasteiger partial charge >= 0.3 is 0 Å². The van der Waals surface area contributed by atoms with Crippen LogP contribution in [0, 0.1) is 17.0 Å². The van der Waals surface area contributed by atoms with E-state index in [4.69, 9.17) is 4.74 Å². The summed E-state index contributed by atoms with van der Waals surface area (Å²) in [5.74, 6) is 0.452. The minimum Gasteiger partial charge on any atom is -0.496 e. The van der Waals surface area contributed by atoms with Crippen molar-refractivity contribution in [2.45, 2.75) is 13.5 Å². The second-order valence-corrected chi connectivity index (χ2v) is 4.33. The van der Waals surface area contributed by atoms with Crippen molar-refractivity contribution >= 4 is 11.4 Å². The van der Waals surface area contributed by atoms with Gasteiger partial charge in [-0.15, -0.1) is 0 Å². The Hall–Kier alpha value is -2.63. The number of ether oxygens (including phenoxy) is 1. The van der Waals surface area contributed by atoms with Gasteiger partial charge in [-0.25, -0.2) is 0 Å². The van der Waals surface area contributed by atoms with E-state index < -0.39 is 4.92 Å². The first-order valence-corrected chi connectivity index (χ1v) is 6.07. The molecule has 1 N–H and O–H groups in total. The SMILES string of the molecule is COc1cc(NCc2ccncc2C)cc([N+](=O)[O-])c1. The number of benzene rings is 1. The Kier molecular flexibility index (Phi) is 4.14. The van der Waals surface area contributed by atoms with Gasteiger partial charge < -0.3 is 10.1 Å². The molecule has 0 bridgehead atoms. The molecule has 0 spiro atoms. The molecule has 2 aromatic rings. The van der Waals surface area contributed by atoms with Gasteiger partial charge in [0.05, 0.1) is 18.1 Å². The molecule has 0 unspecified atom stereocenters. The van der Waals surface area contributed by atoms with Gasteiger partial charge in [-0.2, -0.15) is 0 Å². The molecular weight excluding hydrogens is 258 g/mol. The number of hydrogen-bond donors (Lipinski definition) is 1. The summed E-state index contributed by atoms with van der Waals surface area (Å²) in [6.45, 7) is 2.54. The van der Waals surface area contributed by atoms with Crippen LogP contribution in [0.2, 0.25) is 0 Å². The molecule has 0 radical (unpaired) electrons. The number of nitrogens with one attached hydrogen (secondary N) is 1. The number of pyridine rings is 1. The van der Waals surface area contributed by atoms with Crippen LogP contribution < -0.4 is 10.1 Å². The van der Waals surface area contributed by atoms with Gasteiger partial charge in [-0.1, -0.05) is 0 Å². The van der Waals surface area contributed by atoms with E-state index in [0.29, 0.717) is 18.0 Å². The molecule has 6 nitrogen and oxygen atoms in total. The molecule has 104 valence electrons. The van der Waals surface area contributed by atoms with E-state index in [-0.39, 0.29) is 5.69 Å². The van der Waals surface area contributed by atoms with Gasteiger partial charge in [-0.05, 0) is 24.1 Å². The standard InChI is InChI=1S/C14H15N3O3/c1-10-8-15-4-3-11(10)9-16-12-5-13(17(18)19)7-14(6-12)20-2/h3-8,16H,9H2,1-2H3. The molecule has 0 aliphatic carbocycles. The third kappa shape index (κ3) is 3.23. The minimum absolute atomic E-state index is 0.00157. The van der Waals surface area contributed by atoms with Crippen molar-refractivity contribution in [2.75, 3.05) is 12.4 Å². The van der Waals surface area contributed by atoms with E-state index in [1.54, 1.807) is 18.5 Å². The van der Waals surface area contributed by atoms with E-state index in [2.05, 4.69) is 10.3 Å². The molecular formula is C14H15N3O3. The van der Waals surface area contributed by atoms with E-state index in [1.165, 1.54) is 19.2 Å². The van der Waals surface area contributed by atoms with E-state index >= 15 is 0 Å². The van der Waals surface area contributed by atoms with Gasteiger partial charge in [-0.3, -0.25) is 15.1 Å². The number of aromatic nitrogens is 1. The van der Waals surface area contributed by atoms with Gasteiger partial charge in [0.25, 0.3) is 5.69 Å². The van der Waals surface area contributed by atoms with Crippen LogP contribution in [-0.4, -0.2) is 17.0 Å². The average molecular weight is 273 g/mol. The Bertz CT molecular complexity index is 629. The Labute approximate surface area is 116 Å². The largest absolute Gasteiger partial charge is 0.496 e. The van der Waals surface area contributed by atoms with Crippen molar-refractivity contribution < 1.29 is 9.66 Å². The number of nitrogens with zero attached hydrogens (tertiary/aromatic N) is 2. The fourth-order valence-electron chi connectivity index (χ4n) is 1.81. The van der Waals surface area contributed by atoms with Crippen LogP contribution in [0.4, 0.5) is 11.4 Å². The van der Waals surface area contributed by atoms with Crippen molar-refractivity contribution in [1.29, 1.82) is 0 Å². The summed E-state index contributed by atoms with van der Waals surface area (Å²) in [6.07, 6.45) is 3.50. The van der Waals surface area contributed by atoms with Crippen LogP contribution >= 0.6 is 0 Å². The summed E-state index contributed by atoms with van der Waals surface area (Å²) in [5, 5.41) is 14.0. The molecule has 0 aliphatic heterocycles. The van der Waals surface area contributed by atoms with Gasteiger partial charge in [0.1, 0.15) is 5.75 Å². The zero-order chi connectivity index (χ0) is 14.5. The first-order valence-electron chi connectivity index (χ1n) is 6.07. The smallest absolute Gasteiger partial charge is 0.275 e. The van der Waals surface area contributed by atoms with Crippen molar-refractivity contribution in [2.24, 2.45) is 0 Å². The van der Waals surface area contributed by atoms with Crippen molar-refractivity contribution in [1.82, 2.24) is 4.98 Å². The van der Waals surface area contributed by atoms with Gasteiger partial charge in [0.2, 0.25) is 0 Å². The number of methoxy groups -OCH3 is 1. The van der Waals surface area contributed by atoms with Gasteiger partial charge in [0.15, 0.2) is 0 Å². The maximum absolute atomic E-state index is 10.9. The molecule has 1 heterocycles. The molecule has 0 fully saturated rings. The average Bonchev–Trinajstić information content (AvgIpc) is 2.46. The Morgan fingerprint density at radius 1 is 1.40 bits per heavy atom. The molecule has 1 aromatic carbocycles. The van der Waals surface area contributed by atoms with Gasteiger partial charge in [0, 0.05) is 36.8 Å². The highest BCUT2D eigenvalue weighted by atomic mass is 16.6. The fourth-order valence-corrected chi connectivity index (χ4v) is 1.81. The highest BCUT2D eigenvalue weighted by Gasteiger charge is 2.10. The molecule has 0 saturated carbocycles. The van der Waals surface area contributed by atoms with Crippen LogP contribution in [-0.2, 0) is 6.54 Å². The molecule has 20 heavy (non-hydrogen) atoms. The second kappa shape index (κ2) is 6.01. The summed E-state index contributed by atoms with van der Waals surface area (Å²) in [4.78, 5) is 14.5. The normalized spacial score (nSPS) is 10.1. The summed E-state index contributed by atoms with van der Waals surface area (Å²) < 4.78 is 5.07. The number of aryl methyl sites for hydroxylation is 1. The van der Waals surface area contributed by atoms with Crippen molar-refractivity contribution in [3.63, 3.8) is 0 Å². The predicted molar refractivity (Wildman–Crippen MR) is 75.9 cm³/mol. The molecule has 2 rings (SSSR count). The molecule has 0 amide bonds. The summed E-state index contributed by atoms with van der Waals surface area (Å²) in [5.41, 5.74) is 2.80. The number of nitro groups is 1. The zero-order valence-corrected chi connectivity index (χ0v) is 11.3. The molecule has 0 aliphatic rings. The quantitative estimate of drug-likeness (QED) is 0.669. The monoisotopic (exact) mass is 273 g/mol. The van der Waals surface area contributed by atoms with Crippen LogP contribution in [0.3, 0.4) is 0 Å². The number of hydrogen-bond acceptors (Lipinski definition) is 5. The van der Waals surface area contributed by atoms with E-state index in [9.17, 15) is 10.1 Å². The maximum Gasteiger partial charge on any atom is 0.275 e. The Morgan fingerprint density at radius 2 is 2.20 bits per heavy atom. The third-order valence-electron chi connectivity index (χ3n) is 2.96. The lowest BCUT2D eigenvalue weighted by atomic mass is 10.1. The summed E-state index contributed by atoms with van der Waals surface area (Å²) in [6, 6.07) is 6.52. The number of anilines is 1. The number of rotatable bonds is 5. The number of nitro benzene ring substituents is 1. The van der Waals surface area contributed by atoms with Crippen LogP contribution in [0.15, 0.2) is 36.7 Å². The number of non-ortho nitro benzene ring substituents is 1. The summed E-state index contributed by atoms with van der Waals surface area (Å²) in [7, 11) is 1.48. The fraction of sp³-hybridized carbons (Fsp3) is 0.214. The lowest BCUT2D eigenvalue weighted by Gasteiger charge is -2.10. The lowest BCUT2D eigenvalue weighted by Crippen LogP contribution is -2.02. The summed E-state index contributed by atoms with van der Waals surface area (Å²) >= 11 is 0. The molecule has 6 heteroatoms. The van der Waals surface area contributed by atoms with Crippen LogP contribution in [0.1, 0.15) is 11.1 Å². The van der Waals surface area contributed by atoms with Crippen molar-refractivity contribution in [3.05, 3.63) is 57.9 Å². The first kappa shape index (κ1) is 13.8. The lowest BCUT2D eigenvalue weighted by molar-refractivity contribution is -0.384.